The number of aromatic nitrogens is 6. The van der Waals surface area contributed by atoms with E-state index in [4.69, 9.17) is 5.73 Å². The summed E-state index contributed by atoms with van der Waals surface area (Å²) in [5.74, 6) is -1.58. The third kappa shape index (κ3) is 4.48. The van der Waals surface area contributed by atoms with Gasteiger partial charge in [-0.3, -0.25) is 9.78 Å². The van der Waals surface area contributed by atoms with Crippen LogP contribution in [0.3, 0.4) is 0 Å². The van der Waals surface area contributed by atoms with E-state index >= 15 is 0 Å². The lowest BCUT2D eigenvalue weighted by Crippen LogP contribution is -2.20. The monoisotopic (exact) mass is 448 g/mol. The van der Waals surface area contributed by atoms with Crippen molar-refractivity contribution in [3.8, 4) is 10.7 Å². The number of hydrogen-bond donors (Lipinski definition) is 1. The van der Waals surface area contributed by atoms with Crippen LogP contribution in [0.25, 0.3) is 10.7 Å². The van der Waals surface area contributed by atoms with Gasteiger partial charge < -0.3 is 15.2 Å². The number of carbonyl (C=O) groups is 1. The maximum absolute atomic E-state index is 12.7. The topological polar surface area (TPSA) is 137 Å². The molecule has 0 aromatic carbocycles. The second-order valence-electron chi connectivity index (χ2n) is 6.00. The molecule has 14 heteroatoms. The van der Waals surface area contributed by atoms with E-state index in [0.29, 0.717) is 15.6 Å². The molecule has 0 radical (unpaired) electrons. The SMILES string of the molecule is NC(=O)c1cnnc(N(Cc2ccc(-c3noc(C(F)(F)F)n3)s2)c2cnccn2)c1. The number of hydrogen-bond acceptors (Lipinski definition) is 10. The fraction of sp³-hybridized carbons (Fsp3) is 0.118. The summed E-state index contributed by atoms with van der Waals surface area (Å²) in [7, 11) is 0. The molecule has 0 saturated carbocycles. The van der Waals surface area contributed by atoms with E-state index in [-0.39, 0.29) is 23.8 Å². The quantitative estimate of drug-likeness (QED) is 0.472. The van der Waals surface area contributed by atoms with Crippen molar-refractivity contribution in [1.29, 1.82) is 0 Å². The van der Waals surface area contributed by atoms with E-state index in [1.54, 1.807) is 17.0 Å². The minimum absolute atomic E-state index is 0.150. The molecule has 1 amide bonds. The van der Waals surface area contributed by atoms with Crippen LogP contribution >= 0.6 is 11.3 Å². The highest BCUT2D eigenvalue weighted by atomic mass is 32.1. The van der Waals surface area contributed by atoms with Gasteiger partial charge in [-0.2, -0.15) is 23.3 Å². The highest BCUT2D eigenvalue weighted by Crippen LogP contribution is 2.33. The van der Waals surface area contributed by atoms with E-state index in [2.05, 4.69) is 34.8 Å². The Bertz CT molecular complexity index is 1210. The third-order valence-electron chi connectivity index (χ3n) is 3.89. The molecule has 0 bridgehead atoms. The smallest absolute Gasteiger partial charge is 0.366 e. The highest BCUT2D eigenvalue weighted by Gasteiger charge is 2.38. The first kappa shape index (κ1) is 20.3. The van der Waals surface area contributed by atoms with Crippen LogP contribution in [-0.2, 0) is 12.7 Å². The fourth-order valence-corrected chi connectivity index (χ4v) is 3.43. The van der Waals surface area contributed by atoms with Gasteiger partial charge in [0.05, 0.1) is 29.4 Å². The molecular weight excluding hydrogens is 437 g/mol. The molecule has 4 rings (SSSR count). The molecule has 0 aliphatic carbocycles. The molecule has 0 aliphatic rings. The number of rotatable bonds is 6. The first-order chi connectivity index (χ1) is 14.8. The van der Waals surface area contributed by atoms with E-state index in [1.807, 2.05) is 0 Å². The van der Waals surface area contributed by atoms with Gasteiger partial charge in [0.25, 0.3) is 0 Å². The molecule has 158 valence electrons. The van der Waals surface area contributed by atoms with Crippen LogP contribution in [0.1, 0.15) is 21.1 Å². The first-order valence-corrected chi connectivity index (χ1v) is 9.29. The van der Waals surface area contributed by atoms with E-state index in [1.165, 1.54) is 30.9 Å². The number of anilines is 2. The molecule has 0 aliphatic heterocycles. The maximum atomic E-state index is 12.7. The molecule has 4 heterocycles. The van der Waals surface area contributed by atoms with Crippen molar-refractivity contribution in [2.45, 2.75) is 12.7 Å². The lowest BCUT2D eigenvalue weighted by atomic mass is 10.2. The molecule has 31 heavy (non-hydrogen) atoms. The van der Waals surface area contributed by atoms with Crippen molar-refractivity contribution >= 4 is 28.9 Å². The second kappa shape index (κ2) is 8.06. The molecule has 4 aromatic heterocycles. The Morgan fingerprint density at radius 3 is 2.71 bits per heavy atom. The number of carbonyl (C=O) groups excluding carboxylic acids is 1. The van der Waals surface area contributed by atoms with Gasteiger partial charge in [0.1, 0.15) is 0 Å². The Balaban J connectivity index is 1.65. The van der Waals surface area contributed by atoms with Gasteiger partial charge in [-0.25, -0.2) is 4.98 Å². The largest absolute Gasteiger partial charge is 0.471 e. The summed E-state index contributed by atoms with van der Waals surface area (Å²) in [6, 6.07) is 4.72. The zero-order valence-electron chi connectivity index (χ0n) is 15.3. The number of nitrogens with zero attached hydrogens (tertiary/aromatic N) is 7. The Kier molecular flexibility index (Phi) is 5.29. The van der Waals surface area contributed by atoms with Crippen LogP contribution < -0.4 is 10.6 Å². The molecule has 10 nitrogen and oxygen atoms in total. The number of alkyl halides is 3. The number of nitrogens with two attached hydrogens (primary N) is 1. The predicted octanol–water partition coefficient (Wildman–Crippen LogP) is 2.83. The number of thiophene rings is 1. The molecule has 0 spiro atoms. The normalized spacial score (nSPS) is 11.5. The summed E-state index contributed by atoms with van der Waals surface area (Å²) in [5, 5.41) is 11.2. The van der Waals surface area contributed by atoms with Crippen LogP contribution in [0, 0.1) is 0 Å². The summed E-state index contributed by atoms with van der Waals surface area (Å²) >= 11 is 1.16. The van der Waals surface area contributed by atoms with Gasteiger partial charge >= 0.3 is 12.1 Å². The predicted molar refractivity (Wildman–Crippen MR) is 101 cm³/mol. The van der Waals surface area contributed by atoms with Crippen molar-refractivity contribution in [3.63, 3.8) is 0 Å². The molecule has 0 atom stereocenters. The summed E-state index contributed by atoms with van der Waals surface area (Å²) in [4.78, 5) is 25.9. The highest BCUT2D eigenvalue weighted by molar-refractivity contribution is 7.15. The van der Waals surface area contributed by atoms with Crippen molar-refractivity contribution < 1.29 is 22.5 Å². The van der Waals surface area contributed by atoms with Crippen LogP contribution in [0.4, 0.5) is 24.8 Å². The van der Waals surface area contributed by atoms with Crippen molar-refractivity contribution in [2.75, 3.05) is 4.90 Å². The molecular formula is C17H11F3N8O2S. The Morgan fingerprint density at radius 2 is 2.03 bits per heavy atom. The lowest BCUT2D eigenvalue weighted by molar-refractivity contribution is -0.159. The average molecular weight is 448 g/mol. The zero-order valence-corrected chi connectivity index (χ0v) is 16.1. The Morgan fingerprint density at radius 1 is 1.19 bits per heavy atom. The van der Waals surface area contributed by atoms with E-state index in [9.17, 15) is 18.0 Å². The minimum atomic E-state index is -4.72. The number of primary amides is 1. The van der Waals surface area contributed by atoms with Gasteiger partial charge in [0, 0.05) is 17.3 Å². The Hall–Kier alpha value is -3.94. The van der Waals surface area contributed by atoms with Crippen molar-refractivity contribution in [3.05, 3.63) is 59.3 Å². The average Bonchev–Trinajstić information content (AvgIpc) is 3.42. The summed E-state index contributed by atoms with van der Waals surface area (Å²) in [6.07, 6.45) is 0.967. The minimum Gasteiger partial charge on any atom is -0.366 e. The summed E-state index contributed by atoms with van der Waals surface area (Å²) in [6.45, 7) is 0.199. The maximum Gasteiger partial charge on any atom is 0.471 e. The van der Waals surface area contributed by atoms with Gasteiger partial charge in [0.2, 0.25) is 11.7 Å². The van der Waals surface area contributed by atoms with E-state index in [0.717, 1.165) is 11.3 Å². The summed E-state index contributed by atoms with van der Waals surface area (Å²) in [5.41, 5.74) is 5.47. The van der Waals surface area contributed by atoms with Crippen molar-refractivity contribution in [1.82, 2.24) is 30.3 Å². The first-order valence-electron chi connectivity index (χ1n) is 8.47. The van der Waals surface area contributed by atoms with Crippen LogP contribution in [-0.4, -0.2) is 36.2 Å². The van der Waals surface area contributed by atoms with Crippen molar-refractivity contribution in [2.24, 2.45) is 5.73 Å². The lowest BCUT2D eigenvalue weighted by Gasteiger charge is -2.21. The van der Waals surface area contributed by atoms with Gasteiger partial charge in [-0.05, 0) is 18.2 Å². The molecule has 4 aromatic rings. The summed E-state index contributed by atoms with van der Waals surface area (Å²) < 4.78 is 42.4. The van der Waals surface area contributed by atoms with Crippen LogP contribution in [0.15, 0.2) is 47.5 Å². The van der Waals surface area contributed by atoms with Gasteiger partial charge in [0.15, 0.2) is 11.6 Å². The van der Waals surface area contributed by atoms with Gasteiger partial charge in [-0.15, -0.1) is 16.4 Å². The molecule has 0 saturated heterocycles. The third-order valence-corrected chi connectivity index (χ3v) is 4.96. The molecule has 0 unspecified atom stereocenters. The molecule has 0 fully saturated rings. The van der Waals surface area contributed by atoms with Crippen LogP contribution in [0.2, 0.25) is 0 Å². The Labute approximate surface area is 175 Å². The fourth-order valence-electron chi connectivity index (χ4n) is 2.51. The molecule has 2 N–H and O–H groups in total. The van der Waals surface area contributed by atoms with E-state index < -0.39 is 18.0 Å². The second-order valence-corrected chi connectivity index (χ2v) is 7.17. The van der Waals surface area contributed by atoms with Gasteiger partial charge in [-0.1, -0.05) is 5.16 Å². The standard InChI is InChI=1S/C17H11F3N8O2S/c18-17(19,20)16-25-15(27-30-16)11-2-1-10(31-11)8-28(13-7-22-3-4-23-13)12-5-9(14(21)29)6-24-26-12/h1-7H,8H2,(H2,21,29). The van der Waals surface area contributed by atoms with Crippen LogP contribution in [0.5, 0.6) is 0 Å². The zero-order chi connectivity index (χ0) is 22.0. The number of amides is 1. The number of halogens is 3.